The molecule has 7 heavy (non-hydrogen) atoms. The third-order valence-electron chi connectivity index (χ3n) is 0.532. The summed E-state index contributed by atoms with van der Waals surface area (Å²) in [6.07, 6.45) is 1.59. The molecule has 0 aromatic carbocycles. The van der Waals surface area contributed by atoms with Crippen LogP contribution in [0.1, 0.15) is 0 Å². The van der Waals surface area contributed by atoms with Crippen LogP contribution in [0.5, 0.6) is 0 Å². The molecule has 0 heterocycles. The van der Waals surface area contributed by atoms with Gasteiger partial charge in [0.2, 0.25) is 0 Å². The first-order valence-corrected chi connectivity index (χ1v) is 5.42. The molecule has 0 fully saturated rings. The SMILES string of the molecule is CO[PH](O)(O)SC. The zero-order chi connectivity index (χ0) is 5.91. The first kappa shape index (κ1) is 7.66. The molecule has 46 valence electrons. The van der Waals surface area contributed by atoms with Crippen molar-refractivity contribution in [3.05, 3.63) is 0 Å². The van der Waals surface area contributed by atoms with E-state index in [1.807, 2.05) is 0 Å². The van der Waals surface area contributed by atoms with Gasteiger partial charge >= 0.3 is 46.2 Å². The van der Waals surface area contributed by atoms with E-state index in [1.54, 1.807) is 6.26 Å². The van der Waals surface area contributed by atoms with Crippen LogP contribution in [-0.4, -0.2) is 23.2 Å². The van der Waals surface area contributed by atoms with E-state index in [0.29, 0.717) is 0 Å². The average molecular weight is 144 g/mol. The summed E-state index contributed by atoms with van der Waals surface area (Å²) in [6, 6.07) is 0. The first-order valence-electron chi connectivity index (χ1n) is 1.67. The van der Waals surface area contributed by atoms with Gasteiger partial charge in [-0.15, -0.1) is 0 Å². The van der Waals surface area contributed by atoms with Crippen LogP contribution in [-0.2, 0) is 4.52 Å². The molecule has 0 radical (unpaired) electrons. The molecule has 3 nitrogen and oxygen atoms in total. The molecule has 0 bridgehead atoms. The Kier molecular flexibility index (Phi) is 3.11. The monoisotopic (exact) mass is 144 g/mol. The van der Waals surface area contributed by atoms with Gasteiger partial charge in [-0.25, -0.2) is 0 Å². The van der Waals surface area contributed by atoms with Crippen LogP contribution in [0.15, 0.2) is 0 Å². The topological polar surface area (TPSA) is 49.7 Å². The quantitative estimate of drug-likeness (QED) is 0.550. The second-order valence-corrected chi connectivity index (χ2v) is 5.69. The van der Waals surface area contributed by atoms with Crippen molar-refractivity contribution in [1.29, 1.82) is 0 Å². The zero-order valence-electron chi connectivity index (χ0n) is 4.21. The van der Waals surface area contributed by atoms with Gasteiger partial charge in [-0.05, 0) is 0 Å². The van der Waals surface area contributed by atoms with E-state index in [2.05, 4.69) is 4.52 Å². The molecular formula is C2H9O3PS. The molecule has 0 rings (SSSR count). The maximum atomic E-state index is 8.57. The van der Waals surface area contributed by atoms with Crippen molar-refractivity contribution in [3.63, 3.8) is 0 Å². The van der Waals surface area contributed by atoms with Crippen molar-refractivity contribution in [3.8, 4) is 0 Å². The third-order valence-corrected chi connectivity index (χ3v) is 3.69. The Morgan fingerprint density at radius 3 is 2.00 bits per heavy atom. The van der Waals surface area contributed by atoms with Crippen LogP contribution in [0.25, 0.3) is 0 Å². The molecule has 0 aliphatic heterocycles. The predicted octanol–water partition coefficient (Wildman–Crippen LogP) is 0.390. The zero-order valence-corrected chi connectivity index (χ0v) is 6.03. The van der Waals surface area contributed by atoms with E-state index in [1.165, 1.54) is 7.11 Å². The molecule has 5 heteroatoms. The predicted molar refractivity (Wildman–Crippen MR) is 33.3 cm³/mol. The van der Waals surface area contributed by atoms with Gasteiger partial charge in [0.25, 0.3) is 0 Å². The van der Waals surface area contributed by atoms with Gasteiger partial charge < -0.3 is 0 Å². The molecule has 0 aromatic rings. The van der Waals surface area contributed by atoms with Crippen LogP contribution in [0.3, 0.4) is 0 Å². The van der Waals surface area contributed by atoms with Gasteiger partial charge in [0.1, 0.15) is 0 Å². The van der Waals surface area contributed by atoms with Crippen LogP contribution < -0.4 is 0 Å². The summed E-state index contributed by atoms with van der Waals surface area (Å²) < 4.78 is 4.30. The molecule has 0 aliphatic rings. The summed E-state index contributed by atoms with van der Waals surface area (Å²) in [7, 11) is -1.95. The fraction of sp³-hybridized carbons (Fsp3) is 1.00. The van der Waals surface area contributed by atoms with E-state index in [-0.39, 0.29) is 0 Å². The molecule has 0 aromatic heterocycles. The minimum absolute atomic E-state index is 0.955. The van der Waals surface area contributed by atoms with E-state index in [0.717, 1.165) is 11.4 Å². The molecule has 0 saturated carbocycles. The standard InChI is InChI=1S/C2H9O3PS/c1-5-6(3,4)7-2/h3-4,6H,1-2H3. The Bertz CT molecular complexity index is 50.9. The van der Waals surface area contributed by atoms with Gasteiger partial charge in [-0.1, -0.05) is 0 Å². The fourth-order valence-corrected chi connectivity index (χ4v) is 0.750. The minimum atomic E-state index is -3.23. The third kappa shape index (κ3) is 3.26. The van der Waals surface area contributed by atoms with Crippen molar-refractivity contribution in [2.45, 2.75) is 0 Å². The van der Waals surface area contributed by atoms with Gasteiger partial charge in [-0.3, -0.25) is 0 Å². The van der Waals surface area contributed by atoms with Crippen molar-refractivity contribution < 1.29 is 14.3 Å². The first-order chi connectivity index (χ1) is 3.12. The number of hydrogen-bond donors (Lipinski definition) is 2. The fourth-order valence-electron chi connectivity index (χ4n) is 0.0833. The Hall–Kier alpha value is 0.660. The molecule has 0 spiro atoms. The maximum absolute atomic E-state index is 8.57. The van der Waals surface area contributed by atoms with Gasteiger partial charge in [0.15, 0.2) is 0 Å². The van der Waals surface area contributed by atoms with Crippen LogP contribution >= 0.6 is 18.5 Å². The van der Waals surface area contributed by atoms with Crippen molar-refractivity contribution in [2.24, 2.45) is 0 Å². The molecule has 0 aliphatic carbocycles. The average Bonchev–Trinajstić information content (AvgIpc) is 1.68. The molecule has 0 unspecified atom stereocenters. The molecule has 0 amide bonds. The Morgan fingerprint density at radius 1 is 1.57 bits per heavy atom. The van der Waals surface area contributed by atoms with E-state index < -0.39 is 7.15 Å². The Morgan fingerprint density at radius 2 is 2.00 bits per heavy atom. The van der Waals surface area contributed by atoms with E-state index in [4.69, 9.17) is 9.79 Å². The second kappa shape index (κ2) is 2.84. The summed E-state index contributed by atoms with van der Waals surface area (Å²) in [5.74, 6) is 0. The van der Waals surface area contributed by atoms with Crippen LogP contribution in [0.2, 0.25) is 0 Å². The molecular weight excluding hydrogens is 135 g/mol. The summed E-state index contributed by atoms with van der Waals surface area (Å²) in [4.78, 5) is 17.1. The van der Waals surface area contributed by atoms with Crippen molar-refractivity contribution >= 4 is 18.5 Å². The second-order valence-electron chi connectivity index (χ2n) is 0.957. The van der Waals surface area contributed by atoms with Crippen molar-refractivity contribution in [1.82, 2.24) is 0 Å². The summed E-state index contributed by atoms with van der Waals surface area (Å²) in [6.45, 7) is 0. The molecule has 0 saturated heterocycles. The summed E-state index contributed by atoms with van der Waals surface area (Å²) >= 11 is 0.955. The van der Waals surface area contributed by atoms with Gasteiger partial charge in [0.05, 0.1) is 0 Å². The normalized spacial score (nSPS) is 14.3. The van der Waals surface area contributed by atoms with E-state index in [9.17, 15) is 0 Å². The van der Waals surface area contributed by atoms with Crippen LogP contribution in [0.4, 0.5) is 0 Å². The summed E-state index contributed by atoms with van der Waals surface area (Å²) in [5.41, 5.74) is 0. The van der Waals surface area contributed by atoms with Crippen LogP contribution in [0, 0.1) is 0 Å². The van der Waals surface area contributed by atoms with E-state index >= 15 is 0 Å². The Balaban J connectivity index is 3.36. The number of rotatable bonds is 2. The number of hydrogen-bond acceptors (Lipinski definition) is 4. The molecule has 2 N–H and O–H groups in total. The van der Waals surface area contributed by atoms with Gasteiger partial charge in [-0.2, -0.15) is 0 Å². The Labute approximate surface area is 47.0 Å². The summed E-state index contributed by atoms with van der Waals surface area (Å²) in [5, 5.41) is 0. The molecule has 0 atom stereocenters. The van der Waals surface area contributed by atoms with Gasteiger partial charge in [0, 0.05) is 0 Å². The van der Waals surface area contributed by atoms with Crippen molar-refractivity contribution in [2.75, 3.05) is 13.4 Å².